The van der Waals surface area contributed by atoms with Gasteiger partial charge in [-0.1, -0.05) is 0 Å². The maximum atomic E-state index is 13.1. The third-order valence-corrected chi connectivity index (χ3v) is 4.72. The number of aryl methyl sites for hydroxylation is 2. The van der Waals surface area contributed by atoms with E-state index in [1.165, 1.54) is 23.5 Å². The van der Waals surface area contributed by atoms with Crippen LogP contribution in [0.15, 0.2) is 39.5 Å². The first-order chi connectivity index (χ1) is 11.0. The fourth-order valence-electron chi connectivity index (χ4n) is 2.64. The van der Waals surface area contributed by atoms with E-state index in [0.29, 0.717) is 16.1 Å². The molecule has 1 aromatic carbocycles. The number of nitrogens with zero attached hydrogens (tertiary/aromatic N) is 2. The van der Waals surface area contributed by atoms with Gasteiger partial charge in [0.25, 0.3) is 0 Å². The minimum Gasteiger partial charge on any atom is -0.408 e. The zero-order valence-corrected chi connectivity index (χ0v) is 13.2. The Morgan fingerprint density at radius 3 is 2.61 bits per heavy atom. The van der Waals surface area contributed by atoms with Crippen molar-refractivity contribution in [3.63, 3.8) is 0 Å². The Labute approximate surface area is 134 Å². The van der Waals surface area contributed by atoms with E-state index in [1.54, 1.807) is 19.1 Å². The third-order valence-electron chi connectivity index (χ3n) is 3.67. The highest BCUT2D eigenvalue weighted by Gasteiger charge is 2.16. The van der Waals surface area contributed by atoms with E-state index in [2.05, 4.69) is 9.97 Å². The Morgan fingerprint density at radius 1 is 1.13 bits per heavy atom. The number of hydrogen-bond donors (Lipinski definition) is 0. The molecule has 4 aromatic rings. The second-order valence-electron chi connectivity index (χ2n) is 5.31. The number of halogens is 1. The maximum Gasteiger partial charge on any atom is 0.357 e. The number of rotatable bonds is 1. The highest BCUT2D eigenvalue weighted by molar-refractivity contribution is 7.25. The Kier molecular flexibility index (Phi) is 3.02. The van der Waals surface area contributed by atoms with Crippen molar-refractivity contribution >= 4 is 31.8 Å². The third kappa shape index (κ3) is 2.22. The lowest BCUT2D eigenvalue weighted by Crippen LogP contribution is -1.99. The van der Waals surface area contributed by atoms with Crippen molar-refractivity contribution < 1.29 is 8.81 Å². The van der Waals surface area contributed by atoms with Crippen LogP contribution in [0.5, 0.6) is 0 Å². The molecule has 4 nitrogen and oxygen atoms in total. The summed E-state index contributed by atoms with van der Waals surface area (Å²) in [5.74, 6) is 0.0508. The quantitative estimate of drug-likeness (QED) is 0.525. The van der Waals surface area contributed by atoms with Crippen molar-refractivity contribution in [1.29, 1.82) is 0 Å². The van der Waals surface area contributed by atoms with Gasteiger partial charge in [0.2, 0.25) is 0 Å². The summed E-state index contributed by atoms with van der Waals surface area (Å²) in [7, 11) is 0. The van der Waals surface area contributed by atoms with Crippen LogP contribution in [0.2, 0.25) is 0 Å². The van der Waals surface area contributed by atoms with Crippen LogP contribution >= 0.6 is 11.3 Å². The largest absolute Gasteiger partial charge is 0.408 e. The van der Waals surface area contributed by atoms with Crippen molar-refractivity contribution in [2.24, 2.45) is 0 Å². The van der Waals surface area contributed by atoms with Crippen molar-refractivity contribution in [3.05, 3.63) is 58.0 Å². The Bertz CT molecular complexity index is 1110. The summed E-state index contributed by atoms with van der Waals surface area (Å²) < 4.78 is 18.6. The van der Waals surface area contributed by atoms with Gasteiger partial charge in [0, 0.05) is 17.9 Å². The zero-order chi connectivity index (χ0) is 16.1. The van der Waals surface area contributed by atoms with Crippen LogP contribution in [0.1, 0.15) is 11.5 Å². The normalized spacial score (nSPS) is 11.4. The van der Waals surface area contributed by atoms with Crippen LogP contribution in [0.4, 0.5) is 4.39 Å². The van der Waals surface area contributed by atoms with E-state index < -0.39 is 5.63 Å². The van der Waals surface area contributed by atoms with Crippen LogP contribution in [0.3, 0.4) is 0 Å². The Hall–Kier alpha value is -2.60. The average molecular weight is 326 g/mol. The summed E-state index contributed by atoms with van der Waals surface area (Å²) in [5.41, 5.74) is 2.78. The van der Waals surface area contributed by atoms with Gasteiger partial charge in [0.05, 0.1) is 5.69 Å². The fraction of sp³-hybridized carbons (Fsp3) is 0.118. The second kappa shape index (κ2) is 4.96. The number of benzene rings is 1. The van der Waals surface area contributed by atoms with Crippen LogP contribution in [0.25, 0.3) is 31.7 Å². The van der Waals surface area contributed by atoms with Gasteiger partial charge in [0.15, 0.2) is 5.89 Å². The standard InChI is InChI=1S/C17H11FN2O2S/c1-8-7-12(10-3-5-11(18)6-4-10)20-16-13(8)14-15(23-16)17(21)22-9(2)19-14/h3-7H,1-2H3. The summed E-state index contributed by atoms with van der Waals surface area (Å²) in [6, 6.07) is 8.11. The van der Waals surface area contributed by atoms with E-state index in [4.69, 9.17) is 4.42 Å². The molecule has 0 atom stereocenters. The SMILES string of the molecule is Cc1nc2c(sc3nc(-c4ccc(F)cc4)cc(C)c32)c(=O)o1. The first kappa shape index (κ1) is 14.0. The zero-order valence-electron chi connectivity index (χ0n) is 12.4. The Balaban J connectivity index is 2.05. The van der Waals surface area contributed by atoms with E-state index in [0.717, 1.165) is 27.0 Å². The molecule has 0 saturated carbocycles. The lowest BCUT2D eigenvalue weighted by atomic mass is 10.1. The van der Waals surface area contributed by atoms with Gasteiger partial charge in [-0.05, 0) is 42.8 Å². The molecule has 0 aliphatic carbocycles. The number of aromatic nitrogens is 2. The summed E-state index contributed by atoms with van der Waals surface area (Å²) in [5, 5.41) is 0.867. The molecule has 0 aliphatic rings. The molecule has 3 heterocycles. The van der Waals surface area contributed by atoms with Gasteiger partial charge in [-0.15, -0.1) is 11.3 Å². The summed E-state index contributed by atoms with van der Waals surface area (Å²) in [6.07, 6.45) is 0. The van der Waals surface area contributed by atoms with Crippen molar-refractivity contribution in [2.75, 3.05) is 0 Å². The molecule has 0 spiro atoms. The molecule has 0 unspecified atom stereocenters. The average Bonchev–Trinajstić information content (AvgIpc) is 2.87. The molecule has 3 aromatic heterocycles. The smallest absolute Gasteiger partial charge is 0.357 e. The van der Waals surface area contributed by atoms with Gasteiger partial charge < -0.3 is 4.42 Å². The fourth-order valence-corrected chi connectivity index (χ4v) is 3.70. The van der Waals surface area contributed by atoms with Crippen LogP contribution < -0.4 is 5.63 Å². The molecule has 0 N–H and O–H groups in total. The molecule has 0 radical (unpaired) electrons. The molecule has 0 saturated heterocycles. The van der Waals surface area contributed by atoms with Crippen LogP contribution in [-0.2, 0) is 0 Å². The maximum absolute atomic E-state index is 13.1. The minimum absolute atomic E-state index is 0.286. The van der Waals surface area contributed by atoms with E-state index in [1.807, 2.05) is 13.0 Å². The number of pyridine rings is 1. The second-order valence-corrected chi connectivity index (χ2v) is 6.31. The van der Waals surface area contributed by atoms with Crippen LogP contribution in [-0.4, -0.2) is 9.97 Å². The first-order valence-electron chi connectivity index (χ1n) is 7.00. The molecular formula is C17H11FN2O2S. The van der Waals surface area contributed by atoms with Crippen LogP contribution in [0, 0.1) is 19.7 Å². The van der Waals surface area contributed by atoms with E-state index in [-0.39, 0.29) is 5.82 Å². The van der Waals surface area contributed by atoms with Gasteiger partial charge >= 0.3 is 5.63 Å². The van der Waals surface area contributed by atoms with Crippen molar-refractivity contribution in [2.45, 2.75) is 13.8 Å². The lowest BCUT2D eigenvalue weighted by molar-refractivity contribution is 0.468. The van der Waals surface area contributed by atoms with E-state index >= 15 is 0 Å². The molecule has 6 heteroatoms. The molecular weight excluding hydrogens is 315 g/mol. The molecule has 0 fully saturated rings. The number of fused-ring (bicyclic) bond motifs is 3. The van der Waals surface area contributed by atoms with Gasteiger partial charge in [-0.25, -0.2) is 19.2 Å². The highest BCUT2D eigenvalue weighted by Crippen LogP contribution is 2.34. The molecule has 0 aliphatic heterocycles. The first-order valence-corrected chi connectivity index (χ1v) is 7.82. The number of hydrogen-bond acceptors (Lipinski definition) is 5. The predicted molar refractivity (Wildman–Crippen MR) is 88.3 cm³/mol. The number of thiophene rings is 1. The molecule has 4 rings (SSSR count). The highest BCUT2D eigenvalue weighted by atomic mass is 32.1. The lowest BCUT2D eigenvalue weighted by Gasteiger charge is -2.04. The monoisotopic (exact) mass is 326 g/mol. The predicted octanol–water partition coefficient (Wildman–Crippen LogP) is 4.22. The topological polar surface area (TPSA) is 56.0 Å². The van der Waals surface area contributed by atoms with E-state index in [9.17, 15) is 9.18 Å². The summed E-state index contributed by atoms with van der Waals surface area (Å²) >= 11 is 1.27. The van der Waals surface area contributed by atoms with Crippen molar-refractivity contribution in [3.8, 4) is 11.3 Å². The Morgan fingerprint density at radius 2 is 1.87 bits per heavy atom. The summed E-state index contributed by atoms with van der Waals surface area (Å²) in [4.78, 5) is 21.7. The minimum atomic E-state index is -0.391. The van der Waals surface area contributed by atoms with Crippen molar-refractivity contribution in [1.82, 2.24) is 9.97 Å². The summed E-state index contributed by atoms with van der Waals surface area (Å²) in [6.45, 7) is 3.61. The molecule has 23 heavy (non-hydrogen) atoms. The molecule has 114 valence electrons. The van der Waals surface area contributed by atoms with Gasteiger partial charge in [-0.3, -0.25) is 0 Å². The molecule has 0 bridgehead atoms. The van der Waals surface area contributed by atoms with Gasteiger partial charge in [0.1, 0.15) is 20.9 Å². The van der Waals surface area contributed by atoms with Gasteiger partial charge in [-0.2, -0.15) is 0 Å². The molecule has 0 amide bonds.